The Morgan fingerprint density at radius 3 is 2.81 bits per heavy atom. The van der Waals surface area contributed by atoms with E-state index in [2.05, 4.69) is 24.1 Å². The van der Waals surface area contributed by atoms with Gasteiger partial charge < -0.3 is 16.2 Å². The zero-order chi connectivity index (χ0) is 12.2. The molecule has 1 aromatic rings. The van der Waals surface area contributed by atoms with Gasteiger partial charge in [0.1, 0.15) is 5.15 Å². The average molecular weight is 244 g/mol. The summed E-state index contributed by atoms with van der Waals surface area (Å²) in [6.45, 7) is 4.99. The van der Waals surface area contributed by atoms with E-state index in [-0.39, 0.29) is 12.0 Å². The highest BCUT2D eigenvalue weighted by molar-refractivity contribution is 6.29. The molecule has 0 aliphatic carbocycles. The molecule has 0 aliphatic rings. The number of nitrogens with one attached hydrogen (secondary N) is 1. The Bertz CT molecular complexity index is 355. The summed E-state index contributed by atoms with van der Waals surface area (Å²) in [7, 11) is 0. The number of hydrogen-bond donors (Lipinski definition) is 3. The van der Waals surface area contributed by atoms with Gasteiger partial charge in [-0.15, -0.1) is 0 Å². The highest BCUT2D eigenvalue weighted by Crippen LogP contribution is 2.23. The Balaban J connectivity index is 2.63. The summed E-state index contributed by atoms with van der Waals surface area (Å²) in [5.74, 6) is 0.596. The largest absolute Gasteiger partial charge is 0.396 e. The lowest BCUT2D eigenvalue weighted by Gasteiger charge is -2.24. The molecule has 0 amide bonds. The maximum atomic E-state index is 8.91. The van der Waals surface area contributed by atoms with Crippen molar-refractivity contribution in [3.63, 3.8) is 0 Å². The third-order valence-electron chi connectivity index (χ3n) is 2.42. The Labute approximate surface area is 101 Å². The van der Waals surface area contributed by atoms with Gasteiger partial charge in [-0.1, -0.05) is 25.4 Å². The second-order valence-corrected chi connectivity index (χ2v) is 4.95. The topological polar surface area (TPSA) is 71.2 Å². The Kier molecular flexibility index (Phi) is 4.38. The maximum Gasteiger partial charge on any atom is 0.150 e. The van der Waals surface area contributed by atoms with Gasteiger partial charge in [-0.2, -0.15) is 0 Å². The molecule has 0 aliphatic heterocycles. The lowest BCUT2D eigenvalue weighted by Crippen LogP contribution is -2.25. The van der Waals surface area contributed by atoms with E-state index in [1.807, 2.05) is 0 Å². The fourth-order valence-electron chi connectivity index (χ4n) is 1.30. The van der Waals surface area contributed by atoms with Gasteiger partial charge in [-0.25, -0.2) is 4.98 Å². The first kappa shape index (κ1) is 13.1. The lowest BCUT2D eigenvalue weighted by molar-refractivity contribution is 0.220. The summed E-state index contributed by atoms with van der Waals surface area (Å²) in [5.41, 5.74) is 6.32. The van der Waals surface area contributed by atoms with Crippen LogP contribution in [0.2, 0.25) is 5.15 Å². The fourth-order valence-corrected chi connectivity index (χ4v) is 1.45. The van der Waals surface area contributed by atoms with Gasteiger partial charge in [0, 0.05) is 13.2 Å². The van der Waals surface area contributed by atoms with Gasteiger partial charge in [0.05, 0.1) is 5.69 Å². The number of nitrogen functional groups attached to an aromatic ring is 1. The van der Waals surface area contributed by atoms with Crippen LogP contribution in [0, 0.1) is 5.41 Å². The van der Waals surface area contributed by atoms with Gasteiger partial charge in [-0.3, -0.25) is 0 Å². The summed E-state index contributed by atoms with van der Waals surface area (Å²) in [5, 5.41) is 12.5. The van der Waals surface area contributed by atoms with Crippen LogP contribution in [0.15, 0.2) is 12.1 Å². The van der Waals surface area contributed by atoms with Crippen LogP contribution < -0.4 is 11.1 Å². The normalized spacial score (nSPS) is 11.5. The molecule has 0 saturated heterocycles. The first-order chi connectivity index (χ1) is 7.44. The van der Waals surface area contributed by atoms with Crippen molar-refractivity contribution < 1.29 is 5.11 Å². The third kappa shape index (κ3) is 3.87. The Morgan fingerprint density at radius 2 is 2.19 bits per heavy atom. The summed E-state index contributed by atoms with van der Waals surface area (Å²) in [6.07, 6.45) is 0.723. The van der Waals surface area contributed by atoms with E-state index in [1.165, 1.54) is 0 Å². The van der Waals surface area contributed by atoms with E-state index < -0.39 is 0 Å². The standard InChI is InChI=1S/C11H18ClN3O/c1-11(2,5-6-16)7-14-10-8(13)3-4-9(12)15-10/h3-4,16H,5-7,13H2,1-2H3,(H,14,15). The van der Waals surface area contributed by atoms with Crippen molar-refractivity contribution >= 4 is 23.1 Å². The molecule has 0 radical (unpaired) electrons. The lowest BCUT2D eigenvalue weighted by atomic mass is 9.90. The zero-order valence-electron chi connectivity index (χ0n) is 9.63. The number of aliphatic hydroxyl groups is 1. The van der Waals surface area contributed by atoms with Crippen molar-refractivity contribution in [2.24, 2.45) is 5.41 Å². The molecule has 90 valence electrons. The quantitative estimate of drug-likeness (QED) is 0.693. The number of nitrogens with zero attached hydrogens (tertiary/aromatic N) is 1. The first-order valence-corrected chi connectivity index (χ1v) is 5.59. The molecular weight excluding hydrogens is 226 g/mol. The highest BCUT2D eigenvalue weighted by Gasteiger charge is 2.17. The van der Waals surface area contributed by atoms with Crippen LogP contribution >= 0.6 is 11.6 Å². The molecule has 0 fully saturated rings. The van der Waals surface area contributed by atoms with E-state index >= 15 is 0 Å². The molecule has 0 saturated carbocycles. The van der Waals surface area contributed by atoms with Crippen molar-refractivity contribution in [2.45, 2.75) is 20.3 Å². The fraction of sp³-hybridized carbons (Fsp3) is 0.545. The Morgan fingerprint density at radius 1 is 1.50 bits per heavy atom. The molecule has 0 atom stereocenters. The number of aliphatic hydroxyl groups excluding tert-OH is 1. The molecule has 4 N–H and O–H groups in total. The van der Waals surface area contributed by atoms with E-state index in [1.54, 1.807) is 12.1 Å². The summed E-state index contributed by atoms with van der Waals surface area (Å²) in [4.78, 5) is 4.10. The maximum absolute atomic E-state index is 8.91. The minimum atomic E-state index is -0.00874. The van der Waals surface area contributed by atoms with Crippen LogP contribution in [0.3, 0.4) is 0 Å². The van der Waals surface area contributed by atoms with Crippen molar-refractivity contribution in [1.82, 2.24) is 4.98 Å². The number of aromatic nitrogens is 1. The number of anilines is 2. The van der Waals surface area contributed by atoms with Crippen LogP contribution in [0.4, 0.5) is 11.5 Å². The number of nitrogens with two attached hydrogens (primary N) is 1. The van der Waals surface area contributed by atoms with Crippen molar-refractivity contribution in [2.75, 3.05) is 24.2 Å². The Hall–Kier alpha value is -1.00. The third-order valence-corrected chi connectivity index (χ3v) is 2.63. The molecule has 0 aromatic carbocycles. The SMILES string of the molecule is CC(C)(CCO)CNc1nc(Cl)ccc1N. The number of hydrogen-bond acceptors (Lipinski definition) is 4. The van der Waals surface area contributed by atoms with Gasteiger partial charge in [0.25, 0.3) is 0 Å². The molecule has 1 rings (SSSR count). The average Bonchev–Trinajstić information content (AvgIpc) is 2.19. The minimum Gasteiger partial charge on any atom is -0.396 e. The van der Waals surface area contributed by atoms with Crippen LogP contribution in [0.1, 0.15) is 20.3 Å². The van der Waals surface area contributed by atoms with Gasteiger partial charge in [0.2, 0.25) is 0 Å². The minimum absolute atomic E-state index is 0.00874. The zero-order valence-corrected chi connectivity index (χ0v) is 10.4. The van der Waals surface area contributed by atoms with Gasteiger partial charge >= 0.3 is 0 Å². The summed E-state index contributed by atoms with van der Waals surface area (Å²) < 4.78 is 0. The van der Waals surface area contributed by atoms with E-state index in [0.717, 1.165) is 6.42 Å². The van der Waals surface area contributed by atoms with E-state index in [4.69, 9.17) is 22.4 Å². The molecule has 5 heteroatoms. The van der Waals surface area contributed by atoms with Gasteiger partial charge in [-0.05, 0) is 24.0 Å². The second kappa shape index (κ2) is 5.37. The van der Waals surface area contributed by atoms with Crippen LogP contribution in [0.25, 0.3) is 0 Å². The molecule has 0 bridgehead atoms. The summed E-state index contributed by atoms with van der Waals surface area (Å²) in [6, 6.07) is 3.37. The second-order valence-electron chi connectivity index (χ2n) is 4.56. The number of halogens is 1. The molecule has 1 aromatic heterocycles. The highest BCUT2D eigenvalue weighted by atomic mass is 35.5. The molecule has 16 heavy (non-hydrogen) atoms. The molecule has 0 unspecified atom stereocenters. The smallest absolute Gasteiger partial charge is 0.150 e. The number of rotatable bonds is 5. The van der Waals surface area contributed by atoms with Crippen LogP contribution in [-0.4, -0.2) is 23.2 Å². The van der Waals surface area contributed by atoms with Crippen molar-refractivity contribution in [3.05, 3.63) is 17.3 Å². The molecule has 0 spiro atoms. The molecule has 1 heterocycles. The monoisotopic (exact) mass is 243 g/mol. The summed E-state index contributed by atoms with van der Waals surface area (Å²) >= 11 is 5.78. The first-order valence-electron chi connectivity index (χ1n) is 5.21. The molecule has 4 nitrogen and oxygen atoms in total. The van der Waals surface area contributed by atoms with Gasteiger partial charge in [0.15, 0.2) is 5.82 Å². The number of pyridine rings is 1. The van der Waals surface area contributed by atoms with Crippen molar-refractivity contribution in [3.8, 4) is 0 Å². The van der Waals surface area contributed by atoms with Crippen LogP contribution in [0.5, 0.6) is 0 Å². The predicted octanol–water partition coefficient (Wildman–Crippen LogP) is 2.14. The molecular formula is C11H18ClN3O. The van der Waals surface area contributed by atoms with Crippen molar-refractivity contribution in [1.29, 1.82) is 0 Å². The van der Waals surface area contributed by atoms with Crippen LogP contribution in [-0.2, 0) is 0 Å². The van der Waals surface area contributed by atoms with E-state index in [9.17, 15) is 0 Å². The predicted molar refractivity (Wildman–Crippen MR) is 67.6 cm³/mol. The van der Waals surface area contributed by atoms with E-state index in [0.29, 0.717) is 23.2 Å².